The number of nitro benzene ring substituents is 1. The number of carbonyl (C=O) groups is 2. The van der Waals surface area contributed by atoms with E-state index in [1.807, 2.05) is 0 Å². The maximum absolute atomic E-state index is 12.0. The van der Waals surface area contributed by atoms with Crippen molar-refractivity contribution in [3.63, 3.8) is 0 Å². The second kappa shape index (κ2) is 11.0. The summed E-state index contributed by atoms with van der Waals surface area (Å²) in [6, 6.07) is 3.84. The number of benzene rings is 1. The van der Waals surface area contributed by atoms with Gasteiger partial charge in [0.05, 0.1) is 18.6 Å². The molecule has 0 saturated heterocycles. The number of esters is 1. The van der Waals surface area contributed by atoms with E-state index in [4.69, 9.17) is 9.47 Å². The summed E-state index contributed by atoms with van der Waals surface area (Å²) in [5.74, 6) is -0.611. The number of amides is 1. The summed E-state index contributed by atoms with van der Waals surface area (Å²) < 4.78 is 9.96. The minimum absolute atomic E-state index is 0.0616. The molecule has 138 valence electrons. The van der Waals surface area contributed by atoms with E-state index in [9.17, 15) is 19.7 Å². The highest BCUT2D eigenvalue weighted by Crippen LogP contribution is 2.24. The number of unbranched alkanes of at least 4 members (excludes halogenated alkanes) is 3. The average Bonchev–Trinajstić information content (AvgIpc) is 2.61. The van der Waals surface area contributed by atoms with Crippen molar-refractivity contribution in [1.29, 1.82) is 0 Å². The van der Waals surface area contributed by atoms with Crippen LogP contribution in [0.2, 0.25) is 0 Å². The fraction of sp³-hybridized carbons (Fsp3) is 0.529. The number of hydrogen-bond acceptors (Lipinski definition) is 6. The quantitative estimate of drug-likeness (QED) is 0.284. The van der Waals surface area contributed by atoms with Gasteiger partial charge in [-0.15, -0.1) is 0 Å². The molecule has 1 aromatic rings. The maximum Gasteiger partial charge on any atom is 0.345 e. The van der Waals surface area contributed by atoms with Gasteiger partial charge in [0.1, 0.15) is 17.9 Å². The van der Waals surface area contributed by atoms with Crippen molar-refractivity contribution in [1.82, 2.24) is 5.32 Å². The standard InChI is InChI=1S/C17H24N2O6/c1-3-4-5-6-7-16(20)18-10-11-25-17(21)14-12-13(24-2)8-9-15(14)19(22)23/h8-9,12H,3-7,10-11H2,1-2H3,(H,18,20). The lowest BCUT2D eigenvalue weighted by Gasteiger charge is -2.08. The minimum atomic E-state index is -0.831. The summed E-state index contributed by atoms with van der Waals surface area (Å²) in [4.78, 5) is 34.0. The zero-order chi connectivity index (χ0) is 18.7. The lowest BCUT2D eigenvalue weighted by molar-refractivity contribution is -0.385. The molecule has 0 fully saturated rings. The van der Waals surface area contributed by atoms with E-state index in [1.54, 1.807) is 0 Å². The van der Waals surface area contributed by atoms with E-state index >= 15 is 0 Å². The highest BCUT2D eigenvalue weighted by molar-refractivity contribution is 5.94. The SMILES string of the molecule is CCCCCCC(=O)NCCOC(=O)c1cc(OC)ccc1[N+](=O)[O-]. The molecular formula is C17H24N2O6. The van der Waals surface area contributed by atoms with Crippen LogP contribution in [0.5, 0.6) is 5.75 Å². The van der Waals surface area contributed by atoms with Gasteiger partial charge >= 0.3 is 5.97 Å². The first-order valence-corrected chi connectivity index (χ1v) is 8.25. The van der Waals surface area contributed by atoms with Gasteiger partial charge in [0, 0.05) is 18.6 Å². The minimum Gasteiger partial charge on any atom is -0.497 e. The molecule has 0 spiro atoms. The molecule has 1 rings (SSSR count). The van der Waals surface area contributed by atoms with Crippen molar-refractivity contribution >= 4 is 17.6 Å². The van der Waals surface area contributed by atoms with Gasteiger partial charge in [-0.2, -0.15) is 0 Å². The monoisotopic (exact) mass is 352 g/mol. The molecule has 0 heterocycles. The molecule has 0 aliphatic rings. The molecular weight excluding hydrogens is 328 g/mol. The van der Waals surface area contributed by atoms with Crippen LogP contribution in [0, 0.1) is 10.1 Å². The number of carbonyl (C=O) groups excluding carboxylic acids is 2. The highest BCUT2D eigenvalue weighted by atomic mass is 16.6. The van der Waals surface area contributed by atoms with Crippen molar-refractivity contribution < 1.29 is 24.0 Å². The Labute approximate surface area is 146 Å². The Morgan fingerprint density at radius 2 is 2.00 bits per heavy atom. The topological polar surface area (TPSA) is 108 Å². The second-order valence-electron chi connectivity index (χ2n) is 5.44. The number of nitrogens with one attached hydrogen (secondary N) is 1. The lowest BCUT2D eigenvalue weighted by atomic mass is 10.1. The van der Waals surface area contributed by atoms with Gasteiger partial charge in [0.25, 0.3) is 5.69 Å². The Bertz CT molecular complexity index is 603. The number of nitro groups is 1. The van der Waals surface area contributed by atoms with Crippen LogP contribution >= 0.6 is 0 Å². The summed E-state index contributed by atoms with van der Waals surface area (Å²) in [5.41, 5.74) is -0.541. The van der Waals surface area contributed by atoms with E-state index in [2.05, 4.69) is 12.2 Å². The van der Waals surface area contributed by atoms with Crippen molar-refractivity contribution in [2.45, 2.75) is 39.0 Å². The third-order valence-electron chi connectivity index (χ3n) is 3.54. The van der Waals surface area contributed by atoms with Crippen molar-refractivity contribution in [2.24, 2.45) is 0 Å². The van der Waals surface area contributed by atoms with E-state index in [0.717, 1.165) is 25.7 Å². The molecule has 25 heavy (non-hydrogen) atoms. The largest absolute Gasteiger partial charge is 0.497 e. The number of rotatable bonds is 11. The first-order valence-electron chi connectivity index (χ1n) is 8.25. The lowest BCUT2D eigenvalue weighted by Crippen LogP contribution is -2.27. The molecule has 0 unspecified atom stereocenters. The molecule has 0 atom stereocenters. The second-order valence-corrected chi connectivity index (χ2v) is 5.44. The van der Waals surface area contributed by atoms with Crippen LogP contribution < -0.4 is 10.1 Å². The van der Waals surface area contributed by atoms with Crippen molar-refractivity contribution in [3.05, 3.63) is 33.9 Å². The Balaban J connectivity index is 2.44. The molecule has 1 amide bonds. The molecule has 0 bridgehead atoms. The van der Waals surface area contributed by atoms with Gasteiger partial charge < -0.3 is 14.8 Å². The molecule has 1 N–H and O–H groups in total. The first-order chi connectivity index (χ1) is 12.0. The predicted molar refractivity (Wildman–Crippen MR) is 91.7 cm³/mol. The van der Waals surface area contributed by atoms with E-state index in [-0.39, 0.29) is 30.3 Å². The first kappa shape index (κ1) is 20.4. The van der Waals surface area contributed by atoms with E-state index < -0.39 is 10.9 Å². The van der Waals surface area contributed by atoms with Gasteiger partial charge in [0.2, 0.25) is 5.91 Å². The summed E-state index contributed by atoms with van der Waals surface area (Å²) in [6.07, 6.45) is 4.49. The van der Waals surface area contributed by atoms with Crippen LogP contribution in [0.3, 0.4) is 0 Å². The highest BCUT2D eigenvalue weighted by Gasteiger charge is 2.22. The van der Waals surface area contributed by atoms with Crippen LogP contribution in [-0.2, 0) is 9.53 Å². The molecule has 0 saturated carbocycles. The number of nitrogens with zero attached hydrogens (tertiary/aromatic N) is 1. The predicted octanol–water partition coefficient (Wildman–Crippen LogP) is 2.85. The average molecular weight is 352 g/mol. The Kier molecular flexibility index (Phi) is 8.99. The number of ether oxygens (including phenoxy) is 2. The van der Waals surface area contributed by atoms with E-state index in [1.165, 1.54) is 25.3 Å². The summed E-state index contributed by atoms with van der Waals surface area (Å²) in [6.45, 7) is 2.20. The molecule has 0 aliphatic heterocycles. The van der Waals surface area contributed by atoms with Crippen LogP contribution in [-0.4, -0.2) is 37.1 Å². The molecule has 0 radical (unpaired) electrons. The zero-order valence-electron chi connectivity index (χ0n) is 14.6. The number of hydrogen-bond donors (Lipinski definition) is 1. The van der Waals surface area contributed by atoms with Gasteiger partial charge in [-0.1, -0.05) is 26.2 Å². The Hall–Kier alpha value is -2.64. The molecule has 0 aliphatic carbocycles. The number of methoxy groups -OCH3 is 1. The van der Waals surface area contributed by atoms with Crippen molar-refractivity contribution in [2.75, 3.05) is 20.3 Å². The maximum atomic E-state index is 12.0. The van der Waals surface area contributed by atoms with Crippen LogP contribution in [0.1, 0.15) is 49.4 Å². The van der Waals surface area contributed by atoms with Gasteiger partial charge in [0.15, 0.2) is 0 Å². The third kappa shape index (κ3) is 7.19. The Morgan fingerprint density at radius 3 is 2.64 bits per heavy atom. The fourth-order valence-corrected chi connectivity index (χ4v) is 2.18. The normalized spacial score (nSPS) is 10.2. The van der Waals surface area contributed by atoms with E-state index in [0.29, 0.717) is 12.2 Å². The van der Waals surface area contributed by atoms with Gasteiger partial charge in [-0.25, -0.2) is 4.79 Å². The van der Waals surface area contributed by atoms with Crippen LogP contribution in [0.25, 0.3) is 0 Å². The fourth-order valence-electron chi connectivity index (χ4n) is 2.18. The summed E-state index contributed by atoms with van der Waals surface area (Å²) >= 11 is 0. The van der Waals surface area contributed by atoms with Crippen LogP contribution in [0.15, 0.2) is 18.2 Å². The smallest absolute Gasteiger partial charge is 0.345 e. The summed E-state index contributed by atoms with van der Waals surface area (Å²) in [5, 5.41) is 13.6. The molecule has 8 heteroatoms. The molecule has 0 aromatic heterocycles. The molecule has 1 aromatic carbocycles. The van der Waals surface area contributed by atoms with Gasteiger partial charge in [-0.3, -0.25) is 14.9 Å². The Morgan fingerprint density at radius 1 is 1.24 bits per heavy atom. The van der Waals surface area contributed by atoms with Crippen molar-refractivity contribution in [3.8, 4) is 5.75 Å². The van der Waals surface area contributed by atoms with Crippen LogP contribution in [0.4, 0.5) is 5.69 Å². The summed E-state index contributed by atoms with van der Waals surface area (Å²) in [7, 11) is 1.40. The van der Waals surface area contributed by atoms with Gasteiger partial charge in [-0.05, 0) is 12.5 Å². The zero-order valence-corrected chi connectivity index (χ0v) is 14.6. The molecule has 8 nitrogen and oxygen atoms in total. The third-order valence-corrected chi connectivity index (χ3v) is 3.54.